The van der Waals surface area contributed by atoms with Crippen LogP contribution >= 0.6 is 0 Å². The quantitative estimate of drug-likeness (QED) is 0.323. The minimum Gasteiger partial charge on any atom is -0.481 e. The zero-order valence-electron chi connectivity index (χ0n) is 21.9. The molecule has 1 atom stereocenters. The van der Waals surface area contributed by atoms with E-state index in [4.69, 9.17) is 9.15 Å². The summed E-state index contributed by atoms with van der Waals surface area (Å²) in [6.07, 6.45) is -2.96. The van der Waals surface area contributed by atoms with Gasteiger partial charge in [-0.05, 0) is 42.3 Å². The molecule has 3 aromatic heterocycles. The number of benzene rings is 2. The van der Waals surface area contributed by atoms with Crippen LogP contribution in [0.25, 0.3) is 10.9 Å². The minimum atomic E-state index is -4.46. The van der Waals surface area contributed by atoms with E-state index >= 15 is 0 Å². The maximum atomic E-state index is 13.1. The molecule has 1 N–H and O–H groups in total. The number of nitrogens with zero attached hydrogens (tertiary/aromatic N) is 6. The van der Waals surface area contributed by atoms with Crippen molar-refractivity contribution in [3.8, 4) is 11.9 Å². The van der Waals surface area contributed by atoms with Gasteiger partial charge in [0.05, 0.1) is 35.6 Å². The molecule has 5 rings (SSSR count). The molecule has 0 saturated heterocycles. The van der Waals surface area contributed by atoms with Crippen molar-refractivity contribution < 1.29 is 27.4 Å². The zero-order valence-corrected chi connectivity index (χ0v) is 21.9. The fourth-order valence-corrected chi connectivity index (χ4v) is 4.86. The highest BCUT2D eigenvalue weighted by molar-refractivity contribution is 5.88. The Hall–Kier alpha value is -4.76. The summed E-state index contributed by atoms with van der Waals surface area (Å²) in [5, 5.41) is 30.8. The molecule has 0 aliphatic heterocycles. The van der Waals surface area contributed by atoms with E-state index in [0.717, 1.165) is 12.1 Å². The van der Waals surface area contributed by atoms with Crippen LogP contribution in [-0.2, 0) is 25.2 Å². The topological polar surface area (TPSA) is 123 Å². The van der Waals surface area contributed by atoms with Gasteiger partial charge in [0, 0.05) is 31.3 Å². The summed E-state index contributed by atoms with van der Waals surface area (Å²) in [7, 11) is 3.03. The van der Waals surface area contributed by atoms with Crippen molar-refractivity contribution in [3.05, 3.63) is 99.5 Å². The van der Waals surface area contributed by atoms with Gasteiger partial charge < -0.3 is 14.3 Å². The SMILES string of the molecule is COc1nc2ccc(C(O)(c3oc(C)nc3C)c3cnnn3C)cc2c(C#N)c1Cc1ccc(C(F)(F)F)cc1. The fraction of sp³-hybridized carbons (Fsp3) is 0.250. The Kier molecular flexibility index (Phi) is 6.55. The van der Waals surface area contributed by atoms with Crippen LogP contribution in [-0.4, -0.2) is 37.2 Å². The first-order chi connectivity index (χ1) is 19.0. The highest BCUT2D eigenvalue weighted by Gasteiger charge is 2.42. The maximum Gasteiger partial charge on any atom is 0.416 e. The van der Waals surface area contributed by atoms with E-state index in [1.807, 2.05) is 0 Å². The molecule has 12 heteroatoms. The summed E-state index contributed by atoms with van der Waals surface area (Å²) in [5.74, 6) is 0.689. The number of halogens is 3. The second kappa shape index (κ2) is 9.77. The predicted octanol–water partition coefficient (Wildman–Crippen LogP) is 4.74. The molecule has 0 amide bonds. The third-order valence-electron chi connectivity index (χ3n) is 6.75. The first-order valence-corrected chi connectivity index (χ1v) is 12.1. The van der Waals surface area contributed by atoms with E-state index in [-0.39, 0.29) is 23.6 Å². The van der Waals surface area contributed by atoms with Crippen molar-refractivity contribution in [3.63, 3.8) is 0 Å². The Bertz CT molecular complexity index is 1770. The third kappa shape index (κ3) is 4.44. The van der Waals surface area contributed by atoms with Crippen molar-refractivity contribution in [1.29, 1.82) is 5.26 Å². The Balaban J connectivity index is 1.71. The van der Waals surface area contributed by atoms with Gasteiger partial charge in [0.15, 0.2) is 17.3 Å². The van der Waals surface area contributed by atoms with Crippen molar-refractivity contribution in [1.82, 2.24) is 25.0 Å². The maximum absolute atomic E-state index is 13.1. The van der Waals surface area contributed by atoms with Gasteiger partial charge >= 0.3 is 6.18 Å². The summed E-state index contributed by atoms with van der Waals surface area (Å²) in [5.41, 5.74) is 0.00747. The second-order valence-corrected chi connectivity index (χ2v) is 9.29. The highest BCUT2D eigenvalue weighted by atomic mass is 19.4. The lowest BCUT2D eigenvalue weighted by molar-refractivity contribution is -0.137. The number of hydrogen-bond donors (Lipinski definition) is 1. The van der Waals surface area contributed by atoms with Gasteiger partial charge in [-0.2, -0.15) is 18.4 Å². The molecule has 0 fully saturated rings. The first-order valence-electron chi connectivity index (χ1n) is 12.1. The Morgan fingerprint density at radius 3 is 2.33 bits per heavy atom. The predicted molar refractivity (Wildman–Crippen MR) is 136 cm³/mol. The number of aromatic nitrogens is 5. The molecule has 1 unspecified atom stereocenters. The van der Waals surface area contributed by atoms with Crippen LogP contribution in [0.15, 0.2) is 53.1 Å². The van der Waals surface area contributed by atoms with Gasteiger partial charge in [0.1, 0.15) is 11.8 Å². The second-order valence-electron chi connectivity index (χ2n) is 9.29. The van der Waals surface area contributed by atoms with Gasteiger partial charge in [-0.25, -0.2) is 14.6 Å². The van der Waals surface area contributed by atoms with Gasteiger partial charge in [-0.1, -0.05) is 23.4 Å². The molecule has 0 spiro atoms. The Morgan fingerprint density at radius 1 is 1.07 bits per heavy atom. The number of aliphatic hydroxyl groups is 1. The van der Waals surface area contributed by atoms with Gasteiger partial charge in [0.2, 0.25) is 5.88 Å². The zero-order chi connectivity index (χ0) is 28.8. The molecule has 0 bridgehead atoms. The Morgan fingerprint density at radius 2 is 1.77 bits per heavy atom. The van der Waals surface area contributed by atoms with E-state index in [1.54, 1.807) is 39.1 Å². The number of ether oxygens (including phenoxy) is 1. The smallest absolute Gasteiger partial charge is 0.416 e. The Labute approximate surface area is 226 Å². The minimum absolute atomic E-state index is 0.0910. The number of rotatable bonds is 6. The molecule has 40 heavy (non-hydrogen) atoms. The molecule has 0 aliphatic rings. The number of hydrogen-bond acceptors (Lipinski definition) is 8. The fourth-order valence-electron chi connectivity index (χ4n) is 4.86. The number of alkyl halides is 3. The van der Waals surface area contributed by atoms with Crippen LogP contribution in [0.1, 0.15) is 50.9 Å². The third-order valence-corrected chi connectivity index (χ3v) is 6.75. The molecule has 2 aromatic carbocycles. The molecule has 5 aromatic rings. The molecule has 3 heterocycles. The number of nitriles is 1. The summed E-state index contributed by atoms with van der Waals surface area (Å²) in [6.45, 7) is 3.37. The average molecular weight is 549 g/mol. The van der Waals surface area contributed by atoms with Crippen molar-refractivity contribution in [2.24, 2.45) is 7.05 Å². The van der Waals surface area contributed by atoms with Gasteiger partial charge in [-0.3, -0.25) is 0 Å². The van der Waals surface area contributed by atoms with Crippen LogP contribution < -0.4 is 4.74 Å². The average Bonchev–Trinajstić information content (AvgIpc) is 3.51. The van der Waals surface area contributed by atoms with Crippen LogP contribution in [0.4, 0.5) is 13.2 Å². The van der Waals surface area contributed by atoms with Crippen LogP contribution in [0, 0.1) is 25.2 Å². The molecule has 0 aliphatic carbocycles. The lowest BCUT2D eigenvalue weighted by Crippen LogP contribution is -2.32. The lowest BCUT2D eigenvalue weighted by Gasteiger charge is -2.27. The number of methoxy groups -OCH3 is 1. The molecule has 0 radical (unpaired) electrons. The molecular formula is C28H23F3N6O3. The highest BCUT2D eigenvalue weighted by Crippen LogP contribution is 2.40. The standard InChI is InChI=1S/C28H23F3N6O3/c1-15-25(40-16(2)34-15)27(38,24-14-33-36-37(24)3)19-9-10-23-20(12-19)22(13-32)21(26(35-23)39-4)11-17-5-7-18(8-6-17)28(29,30)31/h5-10,12,14,38H,11H2,1-4H3. The van der Waals surface area contributed by atoms with Crippen molar-refractivity contribution in [2.45, 2.75) is 32.0 Å². The summed E-state index contributed by atoms with van der Waals surface area (Å²) in [4.78, 5) is 8.87. The number of pyridine rings is 1. The van der Waals surface area contributed by atoms with Crippen molar-refractivity contribution >= 4 is 10.9 Å². The number of fused-ring (bicyclic) bond motifs is 1. The largest absolute Gasteiger partial charge is 0.481 e. The number of oxazole rings is 1. The molecular weight excluding hydrogens is 525 g/mol. The van der Waals surface area contributed by atoms with E-state index in [2.05, 4.69) is 26.3 Å². The van der Waals surface area contributed by atoms with Crippen LogP contribution in [0.2, 0.25) is 0 Å². The van der Waals surface area contributed by atoms with E-state index in [0.29, 0.717) is 44.9 Å². The first kappa shape index (κ1) is 26.8. The van der Waals surface area contributed by atoms with Crippen LogP contribution in [0.5, 0.6) is 5.88 Å². The van der Waals surface area contributed by atoms with Crippen LogP contribution in [0.3, 0.4) is 0 Å². The molecule has 204 valence electrons. The normalized spacial score (nSPS) is 13.3. The van der Waals surface area contributed by atoms with Crippen molar-refractivity contribution in [2.75, 3.05) is 7.11 Å². The van der Waals surface area contributed by atoms with Gasteiger partial charge in [0.25, 0.3) is 0 Å². The summed E-state index contributed by atoms with van der Waals surface area (Å²) in [6, 6.07) is 11.8. The lowest BCUT2D eigenvalue weighted by atomic mass is 9.85. The monoisotopic (exact) mass is 548 g/mol. The molecule has 9 nitrogen and oxygen atoms in total. The number of aryl methyl sites for hydroxylation is 3. The summed E-state index contributed by atoms with van der Waals surface area (Å²) >= 11 is 0. The molecule has 0 saturated carbocycles. The van der Waals surface area contributed by atoms with E-state index < -0.39 is 17.3 Å². The van der Waals surface area contributed by atoms with Gasteiger partial charge in [-0.15, -0.1) is 5.10 Å². The van der Waals surface area contributed by atoms with E-state index in [9.17, 15) is 23.5 Å². The summed E-state index contributed by atoms with van der Waals surface area (Å²) < 4.78 is 51.9. The van der Waals surface area contributed by atoms with E-state index in [1.165, 1.54) is 30.1 Å².